The van der Waals surface area contributed by atoms with E-state index in [1.165, 1.54) is 43.4 Å². The van der Waals surface area contributed by atoms with Crippen LogP contribution in [0, 0.1) is 0 Å². The van der Waals surface area contributed by atoms with Crippen molar-refractivity contribution in [3.05, 3.63) is 35.4 Å². The number of benzene rings is 1. The molecule has 0 radical (unpaired) electrons. The van der Waals surface area contributed by atoms with Crippen molar-refractivity contribution in [2.75, 3.05) is 6.54 Å². The molecule has 2 unspecified atom stereocenters. The first-order valence-electron chi connectivity index (χ1n) is 6.41. The smallest absolute Gasteiger partial charge is 0.0250 e. The van der Waals surface area contributed by atoms with Gasteiger partial charge in [0.2, 0.25) is 0 Å². The number of hydrogen-bond acceptors (Lipinski definition) is 2. The second-order valence-corrected chi connectivity index (χ2v) is 5.15. The maximum atomic E-state index is 6.19. The predicted molar refractivity (Wildman–Crippen MR) is 66.2 cm³/mol. The fourth-order valence-electron chi connectivity index (χ4n) is 3.22. The van der Waals surface area contributed by atoms with Gasteiger partial charge in [0.1, 0.15) is 0 Å². The normalized spacial score (nSPS) is 30.3. The molecule has 2 N–H and O–H groups in total. The molecule has 0 spiro atoms. The Balaban J connectivity index is 1.77. The highest BCUT2D eigenvalue weighted by atomic mass is 15.2. The van der Waals surface area contributed by atoms with Gasteiger partial charge in [0, 0.05) is 25.2 Å². The molecule has 0 saturated heterocycles. The van der Waals surface area contributed by atoms with E-state index in [-0.39, 0.29) is 0 Å². The largest absolute Gasteiger partial charge is 0.326 e. The van der Waals surface area contributed by atoms with E-state index in [2.05, 4.69) is 29.2 Å². The summed E-state index contributed by atoms with van der Waals surface area (Å²) in [4.78, 5) is 2.60. The molecular formula is C14H20N2. The third-order valence-electron chi connectivity index (χ3n) is 4.16. The Morgan fingerprint density at radius 1 is 1.12 bits per heavy atom. The number of fused-ring (bicyclic) bond motifs is 1. The van der Waals surface area contributed by atoms with E-state index < -0.39 is 0 Å². The van der Waals surface area contributed by atoms with Crippen molar-refractivity contribution in [1.29, 1.82) is 0 Å². The van der Waals surface area contributed by atoms with Gasteiger partial charge in [-0.15, -0.1) is 0 Å². The fraction of sp³-hybridized carbons (Fsp3) is 0.571. The lowest BCUT2D eigenvalue weighted by molar-refractivity contribution is 0.168. The van der Waals surface area contributed by atoms with E-state index in [0.29, 0.717) is 12.1 Å². The summed E-state index contributed by atoms with van der Waals surface area (Å²) in [7, 11) is 0. The molecule has 2 nitrogen and oxygen atoms in total. The minimum atomic E-state index is 0.408. The van der Waals surface area contributed by atoms with Crippen molar-refractivity contribution in [3.63, 3.8) is 0 Å². The summed E-state index contributed by atoms with van der Waals surface area (Å²) in [6.45, 7) is 2.30. The third-order valence-corrected chi connectivity index (χ3v) is 4.16. The summed E-state index contributed by atoms with van der Waals surface area (Å²) in [5.74, 6) is 0. The van der Waals surface area contributed by atoms with Gasteiger partial charge in [-0.25, -0.2) is 0 Å². The van der Waals surface area contributed by atoms with Crippen molar-refractivity contribution < 1.29 is 0 Å². The molecule has 1 saturated carbocycles. The van der Waals surface area contributed by atoms with Gasteiger partial charge >= 0.3 is 0 Å². The zero-order valence-corrected chi connectivity index (χ0v) is 9.73. The summed E-state index contributed by atoms with van der Waals surface area (Å²) in [6.07, 6.45) is 5.01. The lowest BCUT2D eigenvalue weighted by Crippen LogP contribution is -2.46. The lowest BCUT2D eigenvalue weighted by Gasteiger charge is -2.35. The molecular weight excluding hydrogens is 196 g/mol. The second-order valence-electron chi connectivity index (χ2n) is 5.15. The summed E-state index contributed by atoms with van der Waals surface area (Å²) < 4.78 is 0. The molecule has 1 aromatic rings. The van der Waals surface area contributed by atoms with Gasteiger partial charge in [-0.2, -0.15) is 0 Å². The SMILES string of the molecule is NC1CCCC1N1CCc2ccccc2C1. The Kier molecular flexibility index (Phi) is 2.70. The average Bonchev–Trinajstić information content (AvgIpc) is 2.75. The fourth-order valence-corrected chi connectivity index (χ4v) is 3.22. The van der Waals surface area contributed by atoms with Crippen LogP contribution < -0.4 is 5.73 Å². The Morgan fingerprint density at radius 3 is 2.69 bits per heavy atom. The minimum absolute atomic E-state index is 0.408. The van der Waals surface area contributed by atoms with Crippen LogP contribution in [-0.2, 0) is 13.0 Å². The maximum Gasteiger partial charge on any atom is 0.0250 e. The van der Waals surface area contributed by atoms with E-state index in [4.69, 9.17) is 5.73 Å². The molecule has 1 aromatic carbocycles. The van der Waals surface area contributed by atoms with Gasteiger partial charge in [0.05, 0.1) is 0 Å². The van der Waals surface area contributed by atoms with Gasteiger partial charge in [0.15, 0.2) is 0 Å². The number of nitrogens with zero attached hydrogens (tertiary/aromatic N) is 1. The monoisotopic (exact) mass is 216 g/mol. The molecule has 0 aromatic heterocycles. The van der Waals surface area contributed by atoms with Gasteiger partial charge in [-0.3, -0.25) is 4.90 Å². The molecule has 1 aliphatic heterocycles. The third kappa shape index (κ3) is 1.76. The molecule has 2 atom stereocenters. The molecule has 1 aliphatic carbocycles. The van der Waals surface area contributed by atoms with Crippen molar-refractivity contribution in [3.8, 4) is 0 Å². The van der Waals surface area contributed by atoms with E-state index in [1.54, 1.807) is 0 Å². The van der Waals surface area contributed by atoms with Gasteiger partial charge in [-0.05, 0) is 30.4 Å². The van der Waals surface area contributed by atoms with E-state index in [1.807, 2.05) is 0 Å². The molecule has 1 fully saturated rings. The second kappa shape index (κ2) is 4.19. The van der Waals surface area contributed by atoms with Crippen LogP contribution in [0.1, 0.15) is 30.4 Å². The molecule has 86 valence electrons. The van der Waals surface area contributed by atoms with Crippen LogP contribution in [0.25, 0.3) is 0 Å². The molecule has 0 amide bonds. The quantitative estimate of drug-likeness (QED) is 0.777. The summed E-state index contributed by atoms with van der Waals surface area (Å²) in [6, 6.07) is 9.87. The van der Waals surface area contributed by atoms with Gasteiger partial charge in [-0.1, -0.05) is 30.7 Å². The summed E-state index contributed by atoms with van der Waals surface area (Å²) >= 11 is 0. The van der Waals surface area contributed by atoms with Crippen LogP contribution in [0.2, 0.25) is 0 Å². The van der Waals surface area contributed by atoms with E-state index >= 15 is 0 Å². The highest BCUT2D eigenvalue weighted by Gasteiger charge is 2.31. The molecule has 2 heteroatoms. The zero-order chi connectivity index (χ0) is 11.0. The molecule has 0 bridgehead atoms. The Labute approximate surface area is 97.4 Å². The number of hydrogen-bond donors (Lipinski definition) is 1. The van der Waals surface area contributed by atoms with Crippen LogP contribution in [0.3, 0.4) is 0 Å². The van der Waals surface area contributed by atoms with Crippen LogP contribution in [-0.4, -0.2) is 23.5 Å². The maximum absolute atomic E-state index is 6.19. The van der Waals surface area contributed by atoms with E-state index in [9.17, 15) is 0 Å². The first-order chi connectivity index (χ1) is 7.84. The first kappa shape index (κ1) is 10.3. The van der Waals surface area contributed by atoms with Gasteiger partial charge in [0.25, 0.3) is 0 Å². The Hall–Kier alpha value is -0.860. The Morgan fingerprint density at radius 2 is 1.94 bits per heavy atom. The predicted octanol–water partition coefficient (Wildman–Crippen LogP) is 1.92. The summed E-state index contributed by atoms with van der Waals surface area (Å²) in [5.41, 5.74) is 9.23. The molecule has 16 heavy (non-hydrogen) atoms. The Bertz CT molecular complexity index is 375. The van der Waals surface area contributed by atoms with Crippen molar-refractivity contribution in [1.82, 2.24) is 4.90 Å². The topological polar surface area (TPSA) is 29.3 Å². The number of nitrogens with two attached hydrogens (primary N) is 1. The minimum Gasteiger partial charge on any atom is -0.326 e. The number of rotatable bonds is 1. The molecule has 2 aliphatic rings. The van der Waals surface area contributed by atoms with Crippen LogP contribution in [0.4, 0.5) is 0 Å². The van der Waals surface area contributed by atoms with E-state index in [0.717, 1.165) is 6.54 Å². The van der Waals surface area contributed by atoms with Crippen LogP contribution >= 0.6 is 0 Å². The van der Waals surface area contributed by atoms with Crippen molar-refractivity contribution in [2.24, 2.45) is 5.73 Å². The zero-order valence-electron chi connectivity index (χ0n) is 9.73. The molecule has 1 heterocycles. The van der Waals surface area contributed by atoms with Crippen LogP contribution in [0.5, 0.6) is 0 Å². The lowest BCUT2D eigenvalue weighted by atomic mass is 9.97. The highest BCUT2D eigenvalue weighted by molar-refractivity contribution is 5.29. The average molecular weight is 216 g/mol. The highest BCUT2D eigenvalue weighted by Crippen LogP contribution is 2.27. The standard InChI is InChI=1S/C14H20N2/c15-13-6-3-7-14(13)16-9-8-11-4-1-2-5-12(11)10-16/h1-2,4-5,13-14H,3,6-10,15H2. The summed E-state index contributed by atoms with van der Waals surface area (Å²) in [5, 5.41) is 0. The van der Waals surface area contributed by atoms with Crippen molar-refractivity contribution in [2.45, 2.75) is 44.3 Å². The first-order valence-corrected chi connectivity index (χ1v) is 6.41. The van der Waals surface area contributed by atoms with Crippen LogP contribution in [0.15, 0.2) is 24.3 Å². The molecule has 3 rings (SSSR count). The van der Waals surface area contributed by atoms with Gasteiger partial charge < -0.3 is 5.73 Å². The van der Waals surface area contributed by atoms with Crippen molar-refractivity contribution >= 4 is 0 Å².